The number of nitrogens with zero attached hydrogens (tertiary/aromatic N) is 1. The van der Waals surface area contributed by atoms with E-state index in [2.05, 4.69) is 0 Å². The monoisotopic (exact) mass is 284 g/mol. The van der Waals surface area contributed by atoms with Crippen molar-refractivity contribution in [3.8, 4) is 0 Å². The second-order valence-electron chi connectivity index (χ2n) is 4.49. The zero-order valence-corrected chi connectivity index (χ0v) is 12.1. The van der Waals surface area contributed by atoms with Crippen LogP contribution in [0, 0.1) is 0 Å². The molecule has 2 N–H and O–H groups in total. The van der Waals surface area contributed by atoms with E-state index in [9.17, 15) is 13.2 Å². The smallest absolute Gasteiger partial charge is 0.242 e. The third kappa shape index (κ3) is 5.00. The average molecular weight is 284 g/mol. The summed E-state index contributed by atoms with van der Waals surface area (Å²) in [6, 6.07) is 7.26. The van der Waals surface area contributed by atoms with Gasteiger partial charge in [0.1, 0.15) is 5.75 Å². The van der Waals surface area contributed by atoms with Gasteiger partial charge in [0.25, 0.3) is 0 Å². The van der Waals surface area contributed by atoms with Crippen LogP contribution in [0.4, 0.5) is 5.69 Å². The van der Waals surface area contributed by atoms with Gasteiger partial charge in [-0.1, -0.05) is 19.1 Å². The number of amides is 1. The molecule has 0 aliphatic heterocycles. The summed E-state index contributed by atoms with van der Waals surface area (Å²) in [6.07, 6.45) is 1.82. The van der Waals surface area contributed by atoms with E-state index in [1.54, 1.807) is 12.1 Å². The van der Waals surface area contributed by atoms with Crippen LogP contribution in [0.25, 0.3) is 0 Å². The summed E-state index contributed by atoms with van der Waals surface area (Å²) >= 11 is 0. The van der Waals surface area contributed by atoms with Gasteiger partial charge in [-0.25, -0.2) is 8.42 Å². The van der Waals surface area contributed by atoms with E-state index < -0.39 is 21.5 Å². The fourth-order valence-electron chi connectivity index (χ4n) is 1.74. The highest BCUT2D eigenvalue weighted by atomic mass is 32.2. The third-order valence-electron chi connectivity index (χ3n) is 2.62. The molecule has 0 spiro atoms. The van der Waals surface area contributed by atoms with Gasteiger partial charge in [0.2, 0.25) is 5.91 Å². The minimum absolute atomic E-state index is 0.398. The van der Waals surface area contributed by atoms with E-state index in [0.29, 0.717) is 18.8 Å². The topological polar surface area (TPSA) is 80.5 Å². The van der Waals surface area contributed by atoms with Crippen LogP contribution in [0.2, 0.25) is 0 Å². The molecule has 0 aromatic heterocycles. The van der Waals surface area contributed by atoms with E-state index in [4.69, 9.17) is 5.73 Å². The number of rotatable bonds is 6. The quantitative estimate of drug-likeness (QED) is 0.842. The van der Waals surface area contributed by atoms with Crippen molar-refractivity contribution in [1.29, 1.82) is 0 Å². The van der Waals surface area contributed by atoms with Gasteiger partial charge in [0.15, 0.2) is 9.84 Å². The Morgan fingerprint density at radius 1 is 1.26 bits per heavy atom. The molecule has 1 aromatic rings. The maximum absolute atomic E-state index is 12.0. The second-order valence-corrected chi connectivity index (χ2v) is 6.63. The lowest BCUT2D eigenvalue weighted by Gasteiger charge is -2.22. The summed E-state index contributed by atoms with van der Waals surface area (Å²) in [5, 5.41) is 0. The number of hydrogen-bond donors (Lipinski definition) is 1. The number of anilines is 1. The van der Waals surface area contributed by atoms with Gasteiger partial charge < -0.3 is 10.6 Å². The maximum Gasteiger partial charge on any atom is 0.242 e. The predicted molar refractivity (Wildman–Crippen MR) is 76.7 cm³/mol. The van der Waals surface area contributed by atoms with E-state index in [0.717, 1.165) is 18.2 Å². The highest BCUT2D eigenvalue weighted by Gasteiger charge is 2.19. The minimum atomic E-state index is -3.32. The molecule has 0 bridgehead atoms. The maximum atomic E-state index is 12.0. The van der Waals surface area contributed by atoms with Gasteiger partial charge >= 0.3 is 0 Å². The Morgan fingerprint density at radius 3 is 2.26 bits per heavy atom. The van der Waals surface area contributed by atoms with Gasteiger partial charge in [-0.05, 0) is 24.1 Å². The SMILES string of the molecule is CCCN(C(=O)CS(C)(=O)=O)c1ccc(CN)cc1. The highest BCUT2D eigenvalue weighted by molar-refractivity contribution is 7.91. The number of hydrogen-bond acceptors (Lipinski definition) is 4. The van der Waals surface area contributed by atoms with Gasteiger partial charge in [0.05, 0.1) is 0 Å². The molecule has 6 heteroatoms. The second kappa shape index (κ2) is 6.68. The molecular weight excluding hydrogens is 264 g/mol. The Hall–Kier alpha value is -1.40. The van der Waals surface area contributed by atoms with Crippen LogP contribution in [-0.2, 0) is 21.2 Å². The Kier molecular flexibility index (Phi) is 5.50. The van der Waals surface area contributed by atoms with Crippen LogP contribution in [0.3, 0.4) is 0 Å². The molecule has 19 heavy (non-hydrogen) atoms. The molecule has 0 radical (unpaired) electrons. The highest BCUT2D eigenvalue weighted by Crippen LogP contribution is 2.16. The van der Waals surface area contributed by atoms with Crippen LogP contribution in [-0.4, -0.2) is 32.9 Å². The van der Waals surface area contributed by atoms with Gasteiger partial charge in [-0.15, -0.1) is 0 Å². The molecule has 5 nitrogen and oxygen atoms in total. The van der Waals surface area contributed by atoms with Crippen molar-refractivity contribution in [2.24, 2.45) is 5.73 Å². The van der Waals surface area contributed by atoms with Crippen molar-refractivity contribution in [1.82, 2.24) is 0 Å². The summed E-state index contributed by atoms with van der Waals surface area (Å²) < 4.78 is 22.4. The number of sulfone groups is 1. The standard InChI is InChI=1S/C13H20N2O3S/c1-3-8-15(13(16)10-19(2,17)18)12-6-4-11(9-14)5-7-12/h4-7H,3,8-10,14H2,1-2H3. The van der Waals surface area contributed by atoms with Crippen molar-refractivity contribution in [2.45, 2.75) is 19.9 Å². The first kappa shape index (κ1) is 15.7. The Morgan fingerprint density at radius 2 is 1.84 bits per heavy atom. The van der Waals surface area contributed by atoms with Crippen LogP contribution >= 0.6 is 0 Å². The summed E-state index contributed by atoms with van der Waals surface area (Å²) in [5.74, 6) is -0.865. The lowest BCUT2D eigenvalue weighted by molar-refractivity contribution is -0.116. The predicted octanol–water partition coefficient (Wildman–Crippen LogP) is 0.933. The third-order valence-corrected chi connectivity index (χ3v) is 3.39. The van der Waals surface area contributed by atoms with Gasteiger partial charge in [0, 0.05) is 25.0 Å². The number of carbonyl (C=O) groups is 1. The molecule has 0 aliphatic rings. The lowest BCUT2D eigenvalue weighted by Crippen LogP contribution is -2.36. The molecule has 0 saturated carbocycles. The first-order valence-electron chi connectivity index (χ1n) is 6.14. The fourth-order valence-corrected chi connectivity index (χ4v) is 2.34. The fraction of sp³-hybridized carbons (Fsp3) is 0.462. The van der Waals surface area contributed by atoms with Crippen molar-refractivity contribution in [3.63, 3.8) is 0 Å². The van der Waals surface area contributed by atoms with Gasteiger partial charge in [-0.3, -0.25) is 4.79 Å². The van der Waals surface area contributed by atoms with Crippen molar-refractivity contribution in [2.75, 3.05) is 23.5 Å². The molecule has 0 aliphatic carbocycles. The Bertz CT molecular complexity index is 523. The molecule has 0 heterocycles. The summed E-state index contributed by atoms with van der Waals surface area (Å²) in [5.41, 5.74) is 7.19. The number of benzene rings is 1. The number of nitrogens with two attached hydrogens (primary N) is 1. The van der Waals surface area contributed by atoms with Crippen molar-refractivity contribution < 1.29 is 13.2 Å². The summed E-state index contributed by atoms with van der Waals surface area (Å²) in [7, 11) is -3.32. The lowest BCUT2D eigenvalue weighted by atomic mass is 10.2. The first-order chi connectivity index (χ1) is 8.87. The van der Waals surface area contributed by atoms with Crippen LogP contribution in [0.5, 0.6) is 0 Å². The first-order valence-corrected chi connectivity index (χ1v) is 8.20. The Balaban J connectivity index is 2.95. The number of carbonyl (C=O) groups excluding carboxylic acids is 1. The molecule has 0 fully saturated rings. The van der Waals surface area contributed by atoms with Crippen LogP contribution in [0.1, 0.15) is 18.9 Å². The Labute approximate surface area is 114 Å². The van der Waals surface area contributed by atoms with E-state index in [1.807, 2.05) is 19.1 Å². The molecule has 0 saturated heterocycles. The van der Waals surface area contributed by atoms with Crippen LogP contribution in [0.15, 0.2) is 24.3 Å². The van der Waals surface area contributed by atoms with E-state index >= 15 is 0 Å². The zero-order valence-electron chi connectivity index (χ0n) is 11.3. The van der Waals surface area contributed by atoms with E-state index in [-0.39, 0.29) is 0 Å². The minimum Gasteiger partial charge on any atom is -0.326 e. The zero-order chi connectivity index (χ0) is 14.5. The molecule has 0 atom stereocenters. The normalized spacial score (nSPS) is 11.3. The summed E-state index contributed by atoms with van der Waals surface area (Å²) in [6.45, 7) is 2.87. The molecule has 1 amide bonds. The molecule has 1 aromatic carbocycles. The molecule has 106 valence electrons. The molecular formula is C13H20N2O3S. The average Bonchev–Trinajstić information content (AvgIpc) is 2.34. The van der Waals surface area contributed by atoms with Crippen molar-refractivity contribution >= 4 is 21.4 Å². The molecule has 0 unspecified atom stereocenters. The summed E-state index contributed by atoms with van der Waals surface area (Å²) in [4.78, 5) is 13.5. The largest absolute Gasteiger partial charge is 0.326 e. The van der Waals surface area contributed by atoms with Crippen molar-refractivity contribution in [3.05, 3.63) is 29.8 Å². The van der Waals surface area contributed by atoms with E-state index in [1.165, 1.54) is 4.90 Å². The van der Waals surface area contributed by atoms with Crippen LogP contribution < -0.4 is 10.6 Å². The molecule has 1 rings (SSSR count). The van der Waals surface area contributed by atoms with Gasteiger partial charge in [-0.2, -0.15) is 0 Å².